The Balaban J connectivity index is 1.16. The number of alkyl halides is 5. The molecule has 0 aromatic rings. The van der Waals surface area contributed by atoms with Crippen LogP contribution in [0.1, 0.15) is 32.6 Å². The summed E-state index contributed by atoms with van der Waals surface area (Å²) < 4.78 is 59.8. The molecule has 5 N–H and O–H groups in total. The molecule has 0 spiro atoms. The molecule has 5 heterocycles. The zero-order valence-corrected chi connectivity index (χ0v) is 24.1. The molecule has 12 atom stereocenters. The van der Waals surface area contributed by atoms with Gasteiger partial charge >= 0.3 is 6.18 Å². The summed E-state index contributed by atoms with van der Waals surface area (Å²) in [5, 5.41) is 15.3. The van der Waals surface area contributed by atoms with Gasteiger partial charge in [-0.3, -0.25) is 25.5 Å². The van der Waals surface area contributed by atoms with Crippen LogP contribution in [-0.2, 0) is 14.3 Å². The van der Waals surface area contributed by atoms with E-state index in [1.54, 1.807) is 7.11 Å². The minimum atomic E-state index is -4.53. The normalized spacial score (nSPS) is 44.3. The van der Waals surface area contributed by atoms with Crippen molar-refractivity contribution in [1.82, 2.24) is 31.5 Å². The summed E-state index contributed by atoms with van der Waals surface area (Å²) in [5.74, 6) is -0.729. The second kappa shape index (κ2) is 12.4. The van der Waals surface area contributed by atoms with Gasteiger partial charge in [0.1, 0.15) is 23.8 Å². The van der Waals surface area contributed by atoms with Gasteiger partial charge in [0.05, 0.1) is 17.5 Å². The van der Waals surface area contributed by atoms with Crippen LogP contribution in [0.2, 0.25) is 0 Å². The summed E-state index contributed by atoms with van der Waals surface area (Å²) >= 11 is 7.91. The van der Waals surface area contributed by atoms with Gasteiger partial charge < -0.3 is 20.3 Å². The van der Waals surface area contributed by atoms with Gasteiger partial charge in [-0.15, -0.1) is 23.4 Å². The van der Waals surface area contributed by atoms with Gasteiger partial charge in [0, 0.05) is 50.6 Å². The lowest BCUT2D eigenvalue weighted by Crippen LogP contribution is -2.61. The van der Waals surface area contributed by atoms with Crippen LogP contribution in [0.5, 0.6) is 0 Å². The van der Waals surface area contributed by atoms with Crippen LogP contribution < -0.4 is 26.6 Å². The van der Waals surface area contributed by atoms with Crippen LogP contribution in [0, 0.1) is 17.8 Å². The number of carbonyl (C=O) groups is 2. The van der Waals surface area contributed by atoms with Crippen molar-refractivity contribution in [3.63, 3.8) is 0 Å². The molecular formula is C25H39ClF4N6O3S. The highest BCUT2D eigenvalue weighted by Crippen LogP contribution is 2.39. The van der Waals surface area contributed by atoms with Crippen molar-refractivity contribution < 1.29 is 31.9 Å². The Morgan fingerprint density at radius 2 is 1.85 bits per heavy atom. The highest BCUT2D eigenvalue weighted by Gasteiger charge is 2.51. The fourth-order valence-corrected chi connectivity index (χ4v) is 8.73. The molecule has 0 radical (unpaired) electrons. The smallest absolute Gasteiger partial charge is 0.380 e. The average molecular weight is 615 g/mol. The Morgan fingerprint density at radius 1 is 1.07 bits per heavy atom. The number of carbonyl (C=O) groups excluding carboxylic acids is 2. The molecule has 5 aliphatic rings. The van der Waals surface area contributed by atoms with Crippen LogP contribution in [-0.4, -0.2) is 109 Å². The van der Waals surface area contributed by atoms with Crippen LogP contribution in [0.3, 0.4) is 0 Å². The molecule has 12 unspecified atom stereocenters. The Labute approximate surface area is 241 Å². The summed E-state index contributed by atoms with van der Waals surface area (Å²) in [7, 11) is 1.69. The van der Waals surface area contributed by atoms with E-state index in [-0.39, 0.29) is 84.0 Å². The fourth-order valence-electron chi connectivity index (χ4n) is 7.02. The summed E-state index contributed by atoms with van der Waals surface area (Å²) in [6, 6.07) is -3.27. The predicted octanol–water partition coefficient (Wildman–Crippen LogP) is 1.13. The molecular weight excluding hydrogens is 576 g/mol. The van der Waals surface area contributed by atoms with E-state index < -0.39 is 30.3 Å². The first-order chi connectivity index (χ1) is 18.9. The second-order valence-electron chi connectivity index (χ2n) is 11.8. The fraction of sp³-hybridized carbons (Fsp3) is 0.920. The number of thioether (sulfide) groups is 1. The largest absolute Gasteiger partial charge is 0.403 e. The molecule has 0 aromatic carbocycles. The van der Waals surface area contributed by atoms with Crippen LogP contribution in [0.4, 0.5) is 17.6 Å². The Hall–Kier alpha value is -0.900. The molecule has 5 fully saturated rings. The minimum Gasteiger partial charge on any atom is -0.380 e. The average Bonchev–Trinajstić information content (AvgIpc) is 3.46. The first-order valence-corrected chi connectivity index (χ1v) is 15.4. The van der Waals surface area contributed by atoms with Crippen molar-refractivity contribution in [2.45, 2.75) is 91.5 Å². The van der Waals surface area contributed by atoms with Gasteiger partial charge in [-0.25, -0.2) is 4.39 Å². The summed E-state index contributed by atoms with van der Waals surface area (Å²) in [5.41, 5.74) is -0.527. The van der Waals surface area contributed by atoms with Gasteiger partial charge in [-0.2, -0.15) is 13.2 Å². The third kappa shape index (κ3) is 6.52. The molecule has 5 saturated heterocycles. The van der Waals surface area contributed by atoms with E-state index in [1.807, 2.05) is 0 Å². The molecule has 0 saturated carbocycles. The molecule has 9 nitrogen and oxygen atoms in total. The van der Waals surface area contributed by atoms with E-state index in [9.17, 15) is 27.2 Å². The van der Waals surface area contributed by atoms with Crippen molar-refractivity contribution in [3.05, 3.63) is 0 Å². The Bertz CT molecular complexity index is 925. The lowest BCUT2D eigenvalue weighted by atomic mass is 9.70. The monoisotopic (exact) mass is 614 g/mol. The maximum atomic E-state index is 14.5. The maximum Gasteiger partial charge on any atom is 0.403 e. The number of halogens is 5. The molecule has 5 rings (SSSR count). The van der Waals surface area contributed by atoms with Gasteiger partial charge in [-0.1, -0.05) is 0 Å². The van der Waals surface area contributed by atoms with Gasteiger partial charge in [0.25, 0.3) is 0 Å². The first kappa shape index (κ1) is 30.6. The number of nitrogens with zero attached hydrogens (tertiary/aromatic N) is 1. The van der Waals surface area contributed by atoms with Crippen molar-refractivity contribution >= 4 is 35.2 Å². The molecule has 0 aliphatic carbocycles. The molecule has 5 aliphatic heterocycles. The summed E-state index contributed by atoms with van der Waals surface area (Å²) in [6.45, 7) is 3.83. The van der Waals surface area contributed by atoms with E-state index in [0.717, 1.165) is 6.42 Å². The number of methoxy groups -OCH3 is 1. The van der Waals surface area contributed by atoms with Crippen molar-refractivity contribution in [3.8, 4) is 0 Å². The van der Waals surface area contributed by atoms with Crippen LogP contribution >= 0.6 is 23.4 Å². The molecule has 2 amide bonds. The SMILES string of the molecule is COC1CNC(Cl)CC1C1CC(C)NCC1C(=O)NC1NC2CN(C(=O)C3NC(C(F)(F)F)CCC3F)CC2S1. The molecule has 40 heavy (non-hydrogen) atoms. The zero-order chi connectivity index (χ0) is 28.8. The molecule has 228 valence electrons. The number of piperidine rings is 3. The van der Waals surface area contributed by atoms with Crippen molar-refractivity contribution in [2.24, 2.45) is 17.8 Å². The number of amides is 2. The Morgan fingerprint density at radius 3 is 2.55 bits per heavy atom. The van der Waals surface area contributed by atoms with Gasteiger partial charge in [0.2, 0.25) is 11.8 Å². The number of rotatable bonds is 5. The van der Waals surface area contributed by atoms with Gasteiger partial charge in [0.15, 0.2) is 0 Å². The van der Waals surface area contributed by atoms with E-state index in [4.69, 9.17) is 16.3 Å². The molecule has 15 heteroatoms. The standard InChI is InChI=1S/C25H39ClF4N6O3S/c1-11-5-12(13-6-20(26)32-8-17(13)39-2)14(7-31-11)22(37)35-24-33-16-9-36(10-18(16)40-24)23(38)21-15(27)3-4-19(34-21)25(28,29)30/h11-21,24,31-34H,3-10H2,1-2H3,(H,35,37). The Kier molecular flexibility index (Phi) is 9.45. The van der Waals surface area contributed by atoms with E-state index in [1.165, 1.54) is 16.7 Å². The number of hydrogen-bond donors (Lipinski definition) is 5. The second-order valence-corrected chi connectivity index (χ2v) is 13.7. The number of likely N-dealkylation sites (tertiary alicyclic amines) is 1. The first-order valence-electron chi connectivity index (χ1n) is 14.1. The van der Waals surface area contributed by atoms with E-state index >= 15 is 0 Å². The lowest BCUT2D eigenvalue weighted by molar-refractivity contribution is -0.169. The zero-order valence-electron chi connectivity index (χ0n) is 22.6. The lowest BCUT2D eigenvalue weighted by Gasteiger charge is -2.45. The summed E-state index contributed by atoms with van der Waals surface area (Å²) in [6.07, 6.45) is -5.37. The van der Waals surface area contributed by atoms with Crippen LogP contribution in [0.25, 0.3) is 0 Å². The maximum absolute atomic E-state index is 14.5. The number of hydrogen-bond acceptors (Lipinski definition) is 8. The van der Waals surface area contributed by atoms with Crippen molar-refractivity contribution in [2.75, 3.05) is 33.3 Å². The number of ether oxygens (including phenoxy) is 1. The number of fused-ring (bicyclic) bond motifs is 1. The van der Waals surface area contributed by atoms with Crippen molar-refractivity contribution in [1.29, 1.82) is 0 Å². The number of nitrogens with one attached hydrogen (secondary N) is 5. The predicted molar refractivity (Wildman–Crippen MR) is 143 cm³/mol. The van der Waals surface area contributed by atoms with Crippen LogP contribution in [0.15, 0.2) is 0 Å². The topological polar surface area (TPSA) is 107 Å². The highest BCUT2D eigenvalue weighted by atomic mass is 35.5. The molecule has 0 aromatic heterocycles. The minimum absolute atomic E-state index is 0.0311. The van der Waals surface area contributed by atoms with Gasteiger partial charge in [-0.05, 0) is 44.4 Å². The third-order valence-electron chi connectivity index (χ3n) is 9.18. The third-order valence-corrected chi connectivity index (χ3v) is 10.9. The van der Waals surface area contributed by atoms with E-state index in [0.29, 0.717) is 19.5 Å². The van der Waals surface area contributed by atoms with E-state index in [2.05, 4.69) is 33.5 Å². The summed E-state index contributed by atoms with van der Waals surface area (Å²) in [4.78, 5) is 28.0. The molecule has 0 bridgehead atoms. The quantitative estimate of drug-likeness (QED) is 0.178. The highest BCUT2D eigenvalue weighted by molar-refractivity contribution is 8.00.